The van der Waals surface area contributed by atoms with Crippen LogP contribution in [0.3, 0.4) is 0 Å². The van der Waals surface area contributed by atoms with Crippen LogP contribution in [0.5, 0.6) is 5.75 Å². The van der Waals surface area contributed by atoms with Gasteiger partial charge in [0.25, 0.3) is 10.0 Å². The lowest BCUT2D eigenvalue weighted by Crippen LogP contribution is -2.15. The molecule has 3 aromatic rings. The van der Waals surface area contributed by atoms with Crippen LogP contribution in [0.25, 0.3) is 11.0 Å². The molecule has 0 unspecified atom stereocenters. The van der Waals surface area contributed by atoms with Gasteiger partial charge >= 0.3 is 0 Å². The highest BCUT2D eigenvalue weighted by Crippen LogP contribution is 2.30. The van der Waals surface area contributed by atoms with Gasteiger partial charge in [-0.2, -0.15) is 0 Å². The molecule has 132 valence electrons. The van der Waals surface area contributed by atoms with E-state index in [2.05, 4.69) is 9.88 Å². The van der Waals surface area contributed by atoms with Crippen LogP contribution in [0.1, 0.15) is 25.0 Å². The lowest BCUT2D eigenvalue weighted by Gasteiger charge is -2.11. The number of nitrogens with zero attached hydrogens (tertiary/aromatic N) is 1. The molecular weight excluding hydrogens is 340 g/mol. The zero-order chi connectivity index (χ0) is 18.0. The highest BCUT2D eigenvalue weighted by molar-refractivity contribution is 7.92. The van der Waals surface area contributed by atoms with Crippen LogP contribution in [0.15, 0.2) is 45.8 Å². The number of nitrogens with one attached hydrogen (secondary N) is 1. The summed E-state index contributed by atoms with van der Waals surface area (Å²) in [7, 11) is -2.42. The van der Waals surface area contributed by atoms with Crippen molar-refractivity contribution < 1.29 is 17.7 Å². The van der Waals surface area contributed by atoms with E-state index in [9.17, 15) is 8.42 Å². The number of aromatic nitrogens is 1. The van der Waals surface area contributed by atoms with Gasteiger partial charge in [0.2, 0.25) is 0 Å². The van der Waals surface area contributed by atoms with Crippen molar-refractivity contribution >= 4 is 26.8 Å². The molecule has 6 nitrogen and oxygen atoms in total. The van der Waals surface area contributed by atoms with E-state index in [-0.39, 0.29) is 16.5 Å². The normalized spacial score (nSPS) is 11.6. The van der Waals surface area contributed by atoms with Crippen molar-refractivity contribution in [3.8, 4) is 5.75 Å². The Morgan fingerprint density at radius 3 is 2.44 bits per heavy atom. The van der Waals surface area contributed by atoms with E-state index in [1.165, 1.54) is 7.11 Å². The minimum absolute atomic E-state index is 0.0807. The number of aryl methyl sites for hydroxylation is 2. The van der Waals surface area contributed by atoms with Crippen LogP contribution in [0, 0.1) is 0 Å². The van der Waals surface area contributed by atoms with Crippen molar-refractivity contribution in [3.63, 3.8) is 0 Å². The monoisotopic (exact) mass is 360 g/mol. The summed E-state index contributed by atoms with van der Waals surface area (Å²) >= 11 is 0. The Morgan fingerprint density at radius 1 is 1.08 bits per heavy atom. The Hall–Kier alpha value is -2.54. The molecule has 0 saturated heterocycles. The van der Waals surface area contributed by atoms with Gasteiger partial charge in [0.15, 0.2) is 11.4 Å². The number of sulfonamides is 1. The van der Waals surface area contributed by atoms with E-state index >= 15 is 0 Å². The van der Waals surface area contributed by atoms with Crippen LogP contribution in [0.4, 0.5) is 5.82 Å². The van der Waals surface area contributed by atoms with E-state index in [0.29, 0.717) is 11.0 Å². The maximum Gasteiger partial charge on any atom is 0.266 e. The van der Waals surface area contributed by atoms with Crippen molar-refractivity contribution in [2.24, 2.45) is 0 Å². The van der Waals surface area contributed by atoms with E-state index < -0.39 is 10.0 Å². The first-order chi connectivity index (χ1) is 12.0. The topological polar surface area (TPSA) is 81.4 Å². The third-order valence-electron chi connectivity index (χ3n) is 4.10. The minimum atomic E-state index is -3.87. The molecule has 0 bridgehead atoms. The Kier molecular flexibility index (Phi) is 4.67. The second-order valence-corrected chi connectivity index (χ2v) is 7.31. The molecular formula is C18H20N2O4S. The maximum atomic E-state index is 12.9. The fourth-order valence-corrected chi connectivity index (χ4v) is 3.85. The predicted octanol–water partition coefficient (Wildman–Crippen LogP) is 3.76. The summed E-state index contributed by atoms with van der Waals surface area (Å²) in [5.41, 5.74) is 2.50. The van der Waals surface area contributed by atoms with Gasteiger partial charge in [0, 0.05) is 0 Å². The third-order valence-corrected chi connectivity index (χ3v) is 5.46. The summed E-state index contributed by atoms with van der Waals surface area (Å²) in [6.07, 6.45) is 1.55. The molecule has 2 aromatic carbocycles. The summed E-state index contributed by atoms with van der Waals surface area (Å²) in [6.45, 7) is 3.99. The third kappa shape index (κ3) is 3.32. The predicted molar refractivity (Wildman–Crippen MR) is 96.6 cm³/mol. The van der Waals surface area contributed by atoms with Gasteiger partial charge in [-0.05, 0) is 48.2 Å². The first kappa shape index (κ1) is 17.3. The standard InChI is InChI=1S/C18H20N2O4S/c1-4-12-6-8-15-14(10-12)18(19-24-15)20-25(21,22)17-11-13(5-2)7-9-16(17)23-3/h6-11H,4-5H2,1-3H3,(H,19,20). The largest absolute Gasteiger partial charge is 0.495 e. The van der Waals surface area contributed by atoms with Crippen LogP contribution in [-0.2, 0) is 22.9 Å². The van der Waals surface area contributed by atoms with Crippen molar-refractivity contribution in [2.75, 3.05) is 11.8 Å². The molecule has 0 fully saturated rings. The SMILES string of the molecule is CCc1ccc(OC)c(S(=O)(=O)Nc2noc3ccc(CC)cc23)c1. The number of hydrogen-bond donors (Lipinski definition) is 1. The molecule has 0 atom stereocenters. The quantitative estimate of drug-likeness (QED) is 0.724. The lowest BCUT2D eigenvalue weighted by molar-refractivity contribution is 0.402. The first-order valence-electron chi connectivity index (χ1n) is 8.06. The molecule has 0 aliphatic carbocycles. The molecule has 3 rings (SSSR count). The fraction of sp³-hybridized carbons (Fsp3) is 0.278. The average Bonchev–Trinajstić information content (AvgIpc) is 3.02. The summed E-state index contributed by atoms with van der Waals surface area (Å²) in [4.78, 5) is 0.0807. The van der Waals surface area contributed by atoms with Gasteiger partial charge in [0.1, 0.15) is 10.6 Å². The van der Waals surface area contributed by atoms with Gasteiger partial charge in [-0.3, -0.25) is 4.72 Å². The number of rotatable bonds is 6. The number of hydrogen-bond acceptors (Lipinski definition) is 5. The van der Waals surface area contributed by atoms with Crippen molar-refractivity contribution in [3.05, 3.63) is 47.5 Å². The molecule has 0 radical (unpaired) electrons. The summed E-state index contributed by atoms with van der Waals surface area (Å²) < 4.78 is 38.7. The minimum Gasteiger partial charge on any atom is -0.495 e. The van der Waals surface area contributed by atoms with Crippen LogP contribution in [0.2, 0.25) is 0 Å². The highest BCUT2D eigenvalue weighted by Gasteiger charge is 2.23. The van der Waals surface area contributed by atoms with Crippen LogP contribution >= 0.6 is 0 Å². The number of anilines is 1. The highest BCUT2D eigenvalue weighted by atomic mass is 32.2. The van der Waals surface area contributed by atoms with E-state index in [1.807, 2.05) is 32.0 Å². The van der Waals surface area contributed by atoms with Gasteiger partial charge in [0.05, 0.1) is 12.5 Å². The van der Waals surface area contributed by atoms with Crippen molar-refractivity contribution in [1.29, 1.82) is 0 Å². The Morgan fingerprint density at radius 2 is 1.76 bits per heavy atom. The van der Waals surface area contributed by atoms with Gasteiger partial charge in [-0.15, -0.1) is 0 Å². The average molecular weight is 360 g/mol. The van der Waals surface area contributed by atoms with Crippen molar-refractivity contribution in [1.82, 2.24) is 5.16 Å². The number of ether oxygens (including phenoxy) is 1. The smallest absolute Gasteiger partial charge is 0.266 e. The number of benzene rings is 2. The molecule has 1 heterocycles. The van der Waals surface area contributed by atoms with Gasteiger partial charge in [-0.1, -0.05) is 31.1 Å². The van der Waals surface area contributed by atoms with Crippen molar-refractivity contribution in [2.45, 2.75) is 31.6 Å². The fourth-order valence-electron chi connectivity index (χ4n) is 2.61. The first-order valence-corrected chi connectivity index (χ1v) is 9.54. The summed E-state index contributed by atoms with van der Waals surface area (Å²) in [5.74, 6) is 0.459. The number of methoxy groups -OCH3 is 1. The Bertz CT molecular complexity index is 1010. The molecule has 0 aliphatic rings. The molecule has 1 N–H and O–H groups in total. The zero-order valence-corrected chi connectivity index (χ0v) is 15.2. The summed E-state index contributed by atoms with van der Waals surface area (Å²) in [5, 5.41) is 4.51. The zero-order valence-electron chi connectivity index (χ0n) is 14.4. The Labute approximate surface area is 146 Å². The maximum absolute atomic E-state index is 12.9. The van der Waals surface area contributed by atoms with E-state index in [0.717, 1.165) is 24.0 Å². The molecule has 0 saturated carbocycles. The molecule has 0 amide bonds. The molecule has 1 aromatic heterocycles. The Balaban J connectivity index is 2.05. The van der Waals surface area contributed by atoms with Crippen LogP contribution in [-0.4, -0.2) is 20.7 Å². The van der Waals surface area contributed by atoms with Gasteiger partial charge in [-0.25, -0.2) is 8.42 Å². The van der Waals surface area contributed by atoms with Crippen LogP contribution < -0.4 is 9.46 Å². The molecule has 7 heteroatoms. The second-order valence-electron chi connectivity index (χ2n) is 5.66. The van der Waals surface area contributed by atoms with E-state index in [4.69, 9.17) is 9.26 Å². The molecule has 25 heavy (non-hydrogen) atoms. The molecule has 0 aliphatic heterocycles. The second kappa shape index (κ2) is 6.76. The van der Waals surface area contributed by atoms with Gasteiger partial charge < -0.3 is 9.26 Å². The summed E-state index contributed by atoms with van der Waals surface area (Å²) in [6, 6.07) is 10.7. The lowest BCUT2D eigenvalue weighted by atomic mass is 10.1. The molecule has 0 spiro atoms. The number of fused-ring (bicyclic) bond motifs is 1. The van der Waals surface area contributed by atoms with E-state index in [1.54, 1.807) is 18.2 Å².